The highest BCUT2D eigenvalue weighted by Crippen LogP contribution is 2.26. The van der Waals surface area contributed by atoms with Gasteiger partial charge in [0.25, 0.3) is 0 Å². The molecule has 0 aliphatic carbocycles. The van der Waals surface area contributed by atoms with Crippen LogP contribution >= 0.6 is 0 Å². The Morgan fingerprint density at radius 2 is 1.96 bits per heavy atom. The minimum Gasteiger partial charge on any atom is -0.326 e. The van der Waals surface area contributed by atoms with Gasteiger partial charge in [0.1, 0.15) is 0 Å². The average Bonchev–Trinajstić information content (AvgIpc) is 2.77. The molecule has 3 N–H and O–H groups in total. The number of hydrogen-bond acceptors (Lipinski definition) is 4. The van der Waals surface area contributed by atoms with E-state index in [1.54, 1.807) is 29.2 Å². The molecule has 8 heteroatoms. The Bertz CT molecular complexity index is 713. The molecule has 132 valence electrons. The van der Waals surface area contributed by atoms with Crippen molar-refractivity contribution < 1.29 is 18.0 Å². The van der Waals surface area contributed by atoms with E-state index in [4.69, 9.17) is 5.14 Å². The lowest BCUT2D eigenvalue weighted by molar-refractivity contribution is -0.117. The Hall–Kier alpha value is -1.93. The second kappa shape index (κ2) is 7.31. The van der Waals surface area contributed by atoms with Gasteiger partial charge < -0.3 is 10.2 Å². The SMILES string of the molecule is CC(C)CC(=O)Nc1ccc(N2CC(CS(N)(=O)=O)CC2=O)cc1. The lowest BCUT2D eigenvalue weighted by Gasteiger charge is -2.17. The third kappa shape index (κ3) is 5.31. The minimum absolute atomic E-state index is 0.0526. The van der Waals surface area contributed by atoms with Crippen LogP contribution in [0.1, 0.15) is 26.7 Å². The zero-order valence-electron chi connectivity index (χ0n) is 13.9. The molecule has 1 unspecified atom stereocenters. The quantitative estimate of drug-likeness (QED) is 0.803. The predicted octanol–water partition coefficient (Wildman–Crippen LogP) is 1.31. The highest BCUT2D eigenvalue weighted by molar-refractivity contribution is 7.89. The molecule has 7 nitrogen and oxygen atoms in total. The smallest absolute Gasteiger partial charge is 0.227 e. The van der Waals surface area contributed by atoms with E-state index < -0.39 is 10.0 Å². The summed E-state index contributed by atoms with van der Waals surface area (Å²) in [5, 5.41) is 7.85. The van der Waals surface area contributed by atoms with Gasteiger partial charge in [-0.05, 0) is 30.2 Å². The van der Waals surface area contributed by atoms with E-state index in [2.05, 4.69) is 5.32 Å². The van der Waals surface area contributed by atoms with Gasteiger partial charge in [0.15, 0.2) is 0 Å². The molecule has 0 bridgehead atoms. The number of nitrogens with one attached hydrogen (secondary N) is 1. The Balaban J connectivity index is 2.00. The van der Waals surface area contributed by atoms with Crippen molar-refractivity contribution in [3.05, 3.63) is 24.3 Å². The Morgan fingerprint density at radius 1 is 1.33 bits per heavy atom. The summed E-state index contributed by atoms with van der Waals surface area (Å²) in [5.74, 6) is -0.387. The number of rotatable bonds is 6. The molecule has 1 aromatic rings. The van der Waals surface area contributed by atoms with E-state index in [1.165, 1.54) is 0 Å². The Morgan fingerprint density at radius 3 is 2.50 bits per heavy atom. The van der Waals surface area contributed by atoms with Crippen LogP contribution in [0.5, 0.6) is 0 Å². The summed E-state index contributed by atoms with van der Waals surface area (Å²) in [4.78, 5) is 25.4. The van der Waals surface area contributed by atoms with E-state index in [1.807, 2.05) is 13.8 Å². The molecule has 1 aromatic carbocycles. The molecule has 0 saturated carbocycles. The average molecular weight is 353 g/mol. The first-order valence-corrected chi connectivity index (χ1v) is 9.56. The van der Waals surface area contributed by atoms with Crippen LogP contribution in [-0.4, -0.2) is 32.5 Å². The van der Waals surface area contributed by atoms with E-state index >= 15 is 0 Å². The van der Waals surface area contributed by atoms with Gasteiger partial charge in [-0.25, -0.2) is 13.6 Å². The number of nitrogens with two attached hydrogens (primary N) is 1. The molecule has 1 fully saturated rings. The molecule has 1 heterocycles. The van der Waals surface area contributed by atoms with Crippen LogP contribution in [0.3, 0.4) is 0 Å². The first-order valence-electron chi connectivity index (χ1n) is 7.85. The number of primary sulfonamides is 1. The number of carbonyl (C=O) groups is 2. The third-order valence-electron chi connectivity index (χ3n) is 3.73. The molecule has 0 spiro atoms. The maximum Gasteiger partial charge on any atom is 0.227 e. The summed E-state index contributed by atoms with van der Waals surface area (Å²) < 4.78 is 22.3. The molecule has 24 heavy (non-hydrogen) atoms. The maximum atomic E-state index is 12.1. The zero-order chi connectivity index (χ0) is 17.9. The summed E-state index contributed by atoms with van der Waals surface area (Å²) in [6, 6.07) is 6.94. The number of benzene rings is 1. The number of nitrogens with zero attached hydrogens (tertiary/aromatic N) is 1. The van der Waals surface area contributed by atoms with Crippen LogP contribution in [0.25, 0.3) is 0 Å². The number of sulfonamides is 1. The highest BCUT2D eigenvalue weighted by atomic mass is 32.2. The van der Waals surface area contributed by atoms with Gasteiger partial charge in [-0.3, -0.25) is 9.59 Å². The van der Waals surface area contributed by atoms with Gasteiger partial charge in [-0.15, -0.1) is 0 Å². The third-order valence-corrected chi connectivity index (χ3v) is 4.67. The normalized spacial score (nSPS) is 18.2. The largest absolute Gasteiger partial charge is 0.326 e. The van der Waals surface area contributed by atoms with Gasteiger partial charge in [0.05, 0.1) is 5.75 Å². The second-order valence-electron chi connectivity index (χ2n) is 6.60. The van der Waals surface area contributed by atoms with Crippen molar-refractivity contribution in [2.75, 3.05) is 22.5 Å². The fourth-order valence-corrected chi connectivity index (χ4v) is 3.66. The van der Waals surface area contributed by atoms with E-state index in [-0.39, 0.29) is 35.8 Å². The van der Waals surface area contributed by atoms with Gasteiger partial charge in [-0.1, -0.05) is 13.8 Å². The number of anilines is 2. The van der Waals surface area contributed by atoms with Crippen LogP contribution in [-0.2, 0) is 19.6 Å². The van der Waals surface area contributed by atoms with Crippen molar-refractivity contribution in [2.24, 2.45) is 17.0 Å². The molecular weight excluding hydrogens is 330 g/mol. The van der Waals surface area contributed by atoms with Crippen molar-refractivity contribution in [3.8, 4) is 0 Å². The van der Waals surface area contributed by atoms with Crippen LogP contribution in [0.15, 0.2) is 24.3 Å². The standard InChI is InChI=1S/C16H23N3O4S/c1-11(2)7-15(20)18-13-3-5-14(6-4-13)19-9-12(8-16(19)21)10-24(17,22)23/h3-6,11-12H,7-10H2,1-2H3,(H,18,20)(H2,17,22,23). The van der Waals surface area contributed by atoms with E-state index in [9.17, 15) is 18.0 Å². The molecule has 0 aromatic heterocycles. The highest BCUT2D eigenvalue weighted by Gasteiger charge is 2.32. The van der Waals surface area contributed by atoms with E-state index in [0.717, 1.165) is 0 Å². The minimum atomic E-state index is -3.59. The first kappa shape index (κ1) is 18.4. The number of amides is 2. The summed E-state index contributed by atoms with van der Waals surface area (Å²) in [6.45, 7) is 4.27. The summed E-state index contributed by atoms with van der Waals surface area (Å²) in [5.41, 5.74) is 1.34. The number of carbonyl (C=O) groups excluding carboxylic acids is 2. The molecular formula is C16H23N3O4S. The molecule has 1 aliphatic rings. The first-order chi connectivity index (χ1) is 11.1. The zero-order valence-corrected chi connectivity index (χ0v) is 14.7. The van der Waals surface area contributed by atoms with Crippen LogP contribution in [0, 0.1) is 11.8 Å². The summed E-state index contributed by atoms with van der Waals surface area (Å²) in [7, 11) is -3.59. The molecule has 1 saturated heterocycles. The van der Waals surface area contributed by atoms with Crippen LogP contribution in [0.4, 0.5) is 11.4 Å². The Labute approximate surface area is 142 Å². The monoisotopic (exact) mass is 353 g/mol. The van der Waals surface area contributed by atoms with Gasteiger partial charge in [0, 0.05) is 36.7 Å². The van der Waals surface area contributed by atoms with Crippen molar-refractivity contribution >= 4 is 33.2 Å². The summed E-state index contributed by atoms with van der Waals surface area (Å²) >= 11 is 0. The topological polar surface area (TPSA) is 110 Å². The van der Waals surface area contributed by atoms with E-state index in [0.29, 0.717) is 24.3 Å². The van der Waals surface area contributed by atoms with Crippen molar-refractivity contribution in [1.82, 2.24) is 0 Å². The fourth-order valence-electron chi connectivity index (χ4n) is 2.78. The predicted molar refractivity (Wildman–Crippen MR) is 93.0 cm³/mol. The summed E-state index contributed by atoms with van der Waals surface area (Å²) in [6.07, 6.45) is 0.616. The lowest BCUT2D eigenvalue weighted by atomic mass is 10.1. The number of hydrogen-bond donors (Lipinski definition) is 2. The van der Waals surface area contributed by atoms with Crippen LogP contribution in [0.2, 0.25) is 0 Å². The molecule has 2 amide bonds. The van der Waals surface area contributed by atoms with Crippen molar-refractivity contribution in [3.63, 3.8) is 0 Å². The van der Waals surface area contributed by atoms with Crippen LogP contribution < -0.4 is 15.4 Å². The van der Waals surface area contributed by atoms with Gasteiger partial charge >= 0.3 is 0 Å². The van der Waals surface area contributed by atoms with Gasteiger partial charge in [-0.2, -0.15) is 0 Å². The van der Waals surface area contributed by atoms with Crippen molar-refractivity contribution in [2.45, 2.75) is 26.7 Å². The molecule has 2 rings (SSSR count). The Kier molecular flexibility index (Phi) is 5.61. The lowest BCUT2D eigenvalue weighted by Crippen LogP contribution is -2.27. The molecule has 1 aliphatic heterocycles. The second-order valence-corrected chi connectivity index (χ2v) is 8.26. The van der Waals surface area contributed by atoms with Crippen molar-refractivity contribution in [1.29, 1.82) is 0 Å². The van der Waals surface area contributed by atoms with Gasteiger partial charge in [0.2, 0.25) is 21.8 Å². The maximum absolute atomic E-state index is 12.1. The fraction of sp³-hybridized carbons (Fsp3) is 0.500. The molecule has 0 radical (unpaired) electrons. The molecule has 1 atom stereocenters.